The Hall–Kier alpha value is -1.31. The lowest BCUT2D eigenvalue weighted by molar-refractivity contribution is 0.696. The Morgan fingerprint density at radius 3 is 2.80 bits per heavy atom. The van der Waals surface area contributed by atoms with Gasteiger partial charge in [0.15, 0.2) is 0 Å². The maximum absolute atomic E-state index is 4.76. The first-order chi connectivity index (χ1) is 7.36. The van der Waals surface area contributed by atoms with Gasteiger partial charge in [-0.15, -0.1) is 0 Å². The molecule has 0 aliphatic heterocycles. The van der Waals surface area contributed by atoms with E-state index in [9.17, 15) is 0 Å². The highest BCUT2D eigenvalue weighted by Crippen LogP contribution is 2.35. The first-order valence-corrected chi connectivity index (χ1v) is 5.80. The Kier molecular flexibility index (Phi) is 2.01. The summed E-state index contributed by atoms with van der Waals surface area (Å²) in [6.45, 7) is 2.19. The van der Waals surface area contributed by atoms with Gasteiger partial charge in [0.25, 0.3) is 0 Å². The second-order valence-electron chi connectivity index (χ2n) is 4.49. The third-order valence-electron chi connectivity index (χ3n) is 3.55. The number of hydrogen-bond acceptors (Lipinski definition) is 1. The van der Waals surface area contributed by atoms with Gasteiger partial charge < -0.3 is 4.40 Å². The number of imidazole rings is 1. The molecule has 15 heavy (non-hydrogen) atoms. The van der Waals surface area contributed by atoms with Crippen molar-refractivity contribution < 1.29 is 0 Å². The van der Waals surface area contributed by atoms with Crippen LogP contribution in [0.15, 0.2) is 24.4 Å². The fourth-order valence-corrected chi connectivity index (χ4v) is 2.72. The molecule has 0 N–H and O–H groups in total. The summed E-state index contributed by atoms with van der Waals surface area (Å²) in [4.78, 5) is 4.76. The Bertz CT molecular complexity index is 478. The second-order valence-corrected chi connectivity index (χ2v) is 4.49. The monoisotopic (exact) mass is 200 g/mol. The van der Waals surface area contributed by atoms with Crippen LogP contribution in [0.5, 0.6) is 0 Å². The molecule has 2 heteroatoms. The molecule has 2 nitrogen and oxygen atoms in total. The third kappa shape index (κ3) is 1.36. The summed E-state index contributed by atoms with van der Waals surface area (Å²) in [6.07, 6.45) is 7.50. The normalized spacial score (nSPS) is 17.7. The predicted octanol–water partition coefficient (Wildman–Crippen LogP) is 3.30. The number of fused-ring (bicyclic) bond motifs is 1. The Morgan fingerprint density at radius 2 is 2.07 bits per heavy atom. The summed E-state index contributed by atoms with van der Waals surface area (Å²) in [7, 11) is 0. The molecule has 1 saturated carbocycles. The molecule has 0 radical (unpaired) electrons. The molecule has 3 rings (SSSR count). The van der Waals surface area contributed by atoms with Crippen molar-refractivity contribution in [2.45, 2.75) is 38.5 Å². The highest BCUT2D eigenvalue weighted by molar-refractivity contribution is 5.43. The average molecular weight is 200 g/mol. The van der Waals surface area contributed by atoms with Crippen LogP contribution < -0.4 is 0 Å². The quantitative estimate of drug-likeness (QED) is 0.690. The van der Waals surface area contributed by atoms with Gasteiger partial charge in [0.05, 0.1) is 5.69 Å². The van der Waals surface area contributed by atoms with Crippen LogP contribution in [0.3, 0.4) is 0 Å². The molecule has 0 aromatic carbocycles. The SMILES string of the molecule is Cc1c(C2CCCC2)nc2ccccn12. The van der Waals surface area contributed by atoms with E-state index in [2.05, 4.69) is 35.7 Å². The fourth-order valence-electron chi connectivity index (χ4n) is 2.72. The molecule has 2 aromatic rings. The number of hydrogen-bond donors (Lipinski definition) is 0. The predicted molar refractivity (Wildman–Crippen MR) is 61.1 cm³/mol. The standard InChI is InChI=1S/C13H16N2/c1-10-13(11-6-2-3-7-11)14-12-8-4-5-9-15(10)12/h4-5,8-9,11H,2-3,6-7H2,1H3. The van der Waals surface area contributed by atoms with Crippen LogP contribution in [-0.2, 0) is 0 Å². The molecule has 2 heterocycles. The number of aromatic nitrogens is 2. The third-order valence-corrected chi connectivity index (χ3v) is 3.55. The highest BCUT2D eigenvalue weighted by atomic mass is 15.0. The van der Waals surface area contributed by atoms with Gasteiger partial charge in [-0.05, 0) is 31.9 Å². The van der Waals surface area contributed by atoms with E-state index in [1.807, 2.05) is 0 Å². The van der Waals surface area contributed by atoms with E-state index in [0.717, 1.165) is 5.65 Å². The van der Waals surface area contributed by atoms with Crippen molar-refractivity contribution in [3.8, 4) is 0 Å². The summed E-state index contributed by atoms with van der Waals surface area (Å²) in [5, 5.41) is 0. The van der Waals surface area contributed by atoms with Crippen LogP contribution in [-0.4, -0.2) is 9.38 Å². The number of pyridine rings is 1. The minimum atomic E-state index is 0.713. The second kappa shape index (κ2) is 3.37. The van der Waals surface area contributed by atoms with Crippen molar-refractivity contribution in [3.63, 3.8) is 0 Å². The molecule has 1 fully saturated rings. The van der Waals surface area contributed by atoms with Crippen molar-refractivity contribution in [1.82, 2.24) is 9.38 Å². The Labute approximate surface area is 90.0 Å². The van der Waals surface area contributed by atoms with Gasteiger partial charge >= 0.3 is 0 Å². The molecule has 0 saturated heterocycles. The molecule has 0 bridgehead atoms. The molecular weight excluding hydrogens is 184 g/mol. The Morgan fingerprint density at radius 1 is 1.27 bits per heavy atom. The minimum Gasteiger partial charge on any atom is -0.304 e. The fraction of sp³-hybridized carbons (Fsp3) is 0.462. The van der Waals surface area contributed by atoms with E-state index in [-0.39, 0.29) is 0 Å². The molecular formula is C13H16N2. The van der Waals surface area contributed by atoms with Crippen molar-refractivity contribution in [2.75, 3.05) is 0 Å². The lowest BCUT2D eigenvalue weighted by Crippen LogP contribution is -1.95. The van der Waals surface area contributed by atoms with Gasteiger partial charge in [-0.3, -0.25) is 0 Å². The number of aryl methyl sites for hydroxylation is 1. The lowest BCUT2D eigenvalue weighted by atomic mass is 10.0. The van der Waals surface area contributed by atoms with Crippen molar-refractivity contribution in [2.24, 2.45) is 0 Å². The van der Waals surface area contributed by atoms with Crippen molar-refractivity contribution >= 4 is 5.65 Å². The summed E-state index contributed by atoms with van der Waals surface area (Å²) in [6, 6.07) is 6.21. The first-order valence-electron chi connectivity index (χ1n) is 5.80. The first kappa shape index (κ1) is 8.96. The summed E-state index contributed by atoms with van der Waals surface area (Å²) in [5.74, 6) is 0.713. The number of rotatable bonds is 1. The van der Waals surface area contributed by atoms with E-state index < -0.39 is 0 Å². The van der Waals surface area contributed by atoms with Gasteiger partial charge in [0.1, 0.15) is 5.65 Å². The van der Waals surface area contributed by atoms with Gasteiger partial charge in [-0.2, -0.15) is 0 Å². The van der Waals surface area contributed by atoms with E-state index in [1.165, 1.54) is 37.1 Å². The zero-order valence-corrected chi connectivity index (χ0v) is 9.11. The molecule has 0 spiro atoms. The zero-order chi connectivity index (χ0) is 10.3. The smallest absolute Gasteiger partial charge is 0.137 e. The molecule has 0 amide bonds. The summed E-state index contributed by atoms with van der Waals surface area (Å²) in [5.41, 5.74) is 3.76. The van der Waals surface area contributed by atoms with Gasteiger partial charge in [0, 0.05) is 17.8 Å². The van der Waals surface area contributed by atoms with Crippen molar-refractivity contribution in [3.05, 3.63) is 35.8 Å². The largest absolute Gasteiger partial charge is 0.304 e. The van der Waals surface area contributed by atoms with Crippen LogP contribution in [0.25, 0.3) is 5.65 Å². The molecule has 0 unspecified atom stereocenters. The van der Waals surface area contributed by atoms with Gasteiger partial charge in [0.2, 0.25) is 0 Å². The van der Waals surface area contributed by atoms with E-state index >= 15 is 0 Å². The van der Waals surface area contributed by atoms with Gasteiger partial charge in [-0.25, -0.2) is 4.98 Å². The van der Waals surface area contributed by atoms with E-state index in [4.69, 9.17) is 4.98 Å². The summed E-state index contributed by atoms with van der Waals surface area (Å²) >= 11 is 0. The lowest BCUT2D eigenvalue weighted by Gasteiger charge is -2.05. The van der Waals surface area contributed by atoms with Crippen LogP contribution in [0.2, 0.25) is 0 Å². The minimum absolute atomic E-state index is 0.713. The molecule has 1 aliphatic carbocycles. The molecule has 78 valence electrons. The molecule has 2 aromatic heterocycles. The highest BCUT2D eigenvalue weighted by Gasteiger charge is 2.22. The maximum atomic E-state index is 4.76. The van der Waals surface area contributed by atoms with Crippen molar-refractivity contribution in [1.29, 1.82) is 0 Å². The average Bonchev–Trinajstić information content (AvgIpc) is 2.87. The molecule has 0 atom stereocenters. The van der Waals surface area contributed by atoms with E-state index in [1.54, 1.807) is 0 Å². The zero-order valence-electron chi connectivity index (χ0n) is 9.11. The van der Waals surface area contributed by atoms with Crippen LogP contribution in [0, 0.1) is 6.92 Å². The maximum Gasteiger partial charge on any atom is 0.137 e. The van der Waals surface area contributed by atoms with Crippen LogP contribution in [0.4, 0.5) is 0 Å². The topological polar surface area (TPSA) is 17.3 Å². The van der Waals surface area contributed by atoms with E-state index in [0.29, 0.717) is 5.92 Å². The van der Waals surface area contributed by atoms with Crippen LogP contribution >= 0.6 is 0 Å². The van der Waals surface area contributed by atoms with Crippen LogP contribution in [0.1, 0.15) is 43.0 Å². The summed E-state index contributed by atoms with van der Waals surface area (Å²) < 4.78 is 2.20. The number of nitrogens with zero attached hydrogens (tertiary/aromatic N) is 2. The Balaban J connectivity index is 2.14. The molecule has 1 aliphatic rings. The van der Waals surface area contributed by atoms with Gasteiger partial charge in [-0.1, -0.05) is 18.9 Å².